The first kappa shape index (κ1) is 14.6. The monoisotopic (exact) mass is 283 g/mol. The van der Waals surface area contributed by atoms with E-state index in [1.54, 1.807) is 0 Å². The number of benzene rings is 1. The van der Waals surface area contributed by atoms with Crippen molar-refractivity contribution in [2.24, 2.45) is 5.41 Å². The standard InChI is InChI=1S/C15H22ClNO2/c1-12-5-4-6-13(16)14(12)19-8-7-17(3)9-15(2)10-18-11-15/h4-6H,7-11H2,1-3H3. The van der Waals surface area contributed by atoms with Gasteiger partial charge >= 0.3 is 0 Å². The van der Waals surface area contributed by atoms with Crippen LogP contribution in [0.5, 0.6) is 5.75 Å². The molecule has 0 amide bonds. The van der Waals surface area contributed by atoms with Gasteiger partial charge in [0.2, 0.25) is 0 Å². The van der Waals surface area contributed by atoms with Gasteiger partial charge in [-0.2, -0.15) is 0 Å². The molecular weight excluding hydrogens is 262 g/mol. The van der Waals surface area contributed by atoms with E-state index in [-0.39, 0.29) is 0 Å². The molecule has 1 saturated heterocycles. The van der Waals surface area contributed by atoms with E-state index < -0.39 is 0 Å². The number of aryl methyl sites for hydroxylation is 1. The van der Waals surface area contributed by atoms with Crippen molar-refractivity contribution in [2.45, 2.75) is 13.8 Å². The molecule has 0 unspecified atom stereocenters. The summed E-state index contributed by atoms with van der Waals surface area (Å²) in [5.41, 5.74) is 1.39. The Morgan fingerprint density at radius 2 is 2.16 bits per heavy atom. The second-order valence-corrected chi connectivity index (χ2v) is 6.18. The van der Waals surface area contributed by atoms with Crippen LogP contribution in [0.3, 0.4) is 0 Å². The third kappa shape index (κ3) is 3.85. The van der Waals surface area contributed by atoms with Crippen molar-refractivity contribution >= 4 is 11.6 Å². The molecule has 1 fully saturated rings. The molecule has 1 aromatic rings. The number of hydrogen-bond acceptors (Lipinski definition) is 3. The number of para-hydroxylation sites is 1. The van der Waals surface area contributed by atoms with E-state index in [0.717, 1.165) is 37.6 Å². The normalized spacial score (nSPS) is 17.3. The number of nitrogens with zero attached hydrogens (tertiary/aromatic N) is 1. The quantitative estimate of drug-likeness (QED) is 0.801. The molecule has 4 heteroatoms. The van der Waals surface area contributed by atoms with Gasteiger partial charge in [0.15, 0.2) is 0 Å². The Bertz CT molecular complexity index is 412. The van der Waals surface area contributed by atoms with Crippen molar-refractivity contribution in [3.8, 4) is 5.75 Å². The maximum absolute atomic E-state index is 6.13. The SMILES string of the molecule is Cc1cccc(Cl)c1OCCN(C)CC1(C)COC1. The summed E-state index contributed by atoms with van der Waals surface area (Å²) in [5, 5.41) is 0.682. The van der Waals surface area contributed by atoms with E-state index >= 15 is 0 Å². The van der Waals surface area contributed by atoms with E-state index in [9.17, 15) is 0 Å². The lowest BCUT2D eigenvalue weighted by molar-refractivity contribution is -0.113. The summed E-state index contributed by atoms with van der Waals surface area (Å²) in [5.74, 6) is 0.802. The molecule has 1 aliphatic heterocycles. The van der Waals surface area contributed by atoms with Crippen LogP contribution in [0.4, 0.5) is 0 Å². The van der Waals surface area contributed by atoms with Crippen LogP contribution in [0.2, 0.25) is 5.02 Å². The van der Waals surface area contributed by atoms with Gasteiger partial charge in [0.1, 0.15) is 12.4 Å². The summed E-state index contributed by atoms with van der Waals surface area (Å²) < 4.78 is 11.1. The van der Waals surface area contributed by atoms with Crippen molar-refractivity contribution < 1.29 is 9.47 Å². The zero-order chi connectivity index (χ0) is 13.9. The fraction of sp³-hybridized carbons (Fsp3) is 0.600. The second kappa shape index (κ2) is 6.12. The Morgan fingerprint density at radius 1 is 1.42 bits per heavy atom. The first-order valence-corrected chi connectivity index (χ1v) is 7.02. The molecule has 1 aliphatic rings. The minimum absolute atomic E-state index is 0.315. The molecule has 0 N–H and O–H groups in total. The van der Waals surface area contributed by atoms with Crippen molar-refractivity contribution in [2.75, 3.05) is 40.0 Å². The van der Waals surface area contributed by atoms with Gasteiger partial charge < -0.3 is 14.4 Å². The number of halogens is 1. The highest BCUT2D eigenvalue weighted by Gasteiger charge is 2.34. The van der Waals surface area contributed by atoms with Gasteiger partial charge in [0, 0.05) is 18.5 Å². The maximum Gasteiger partial charge on any atom is 0.140 e. The molecule has 1 heterocycles. The van der Waals surface area contributed by atoms with E-state index in [0.29, 0.717) is 17.0 Å². The van der Waals surface area contributed by atoms with Crippen molar-refractivity contribution in [1.29, 1.82) is 0 Å². The molecule has 106 valence electrons. The van der Waals surface area contributed by atoms with Crippen LogP contribution in [0.1, 0.15) is 12.5 Å². The van der Waals surface area contributed by atoms with Crippen LogP contribution < -0.4 is 4.74 Å². The number of ether oxygens (including phenoxy) is 2. The Labute approximate surface area is 120 Å². The molecule has 0 spiro atoms. The Balaban J connectivity index is 1.77. The summed E-state index contributed by atoms with van der Waals surface area (Å²) in [6.45, 7) is 8.57. The van der Waals surface area contributed by atoms with Crippen LogP contribution in [0.25, 0.3) is 0 Å². The van der Waals surface area contributed by atoms with Crippen molar-refractivity contribution in [3.05, 3.63) is 28.8 Å². The summed E-state index contributed by atoms with van der Waals surface area (Å²) in [7, 11) is 2.12. The molecule has 3 nitrogen and oxygen atoms in total. The molecule has 0 radical (unpaired) electrons. The molecular formula is C15H22ClNO2. The fourth-order valence-electron chi connectivity index (χ4n) is 2.38. The van der Waals surface area contributed by atoms with Crippen LogP contribution in [0, 0.1) is 12.3 Å². The summed E-state index contributed by atoms with van der Waals surface area (Å²) >= 11 is 6.13. The number of rotatable bonds is 6. The van der Waals surface area contributed by atoms with E-state index in [1.165, 1.54) is 0 Å². The Kier molecular flexibility index (Phi) is 4.71. The van der Waals surface area contributed by atoms with Gasteiger partial charge in [-0.05, 0) is 25.6 Å². The van der Waals surface area contributed by atoms with E-state index in [1.807, 2.05) is 25.1 Å². The predicted molar refractivity (Wildman–Crippen MR) is 78.1 cm³/mol. The van der Waals surface area contributed by atoms with Gasteiger partial charge in [-0.25, -0.2) is 0 Å². The molecule has 0 atom stereocenters. The molecule has 0 bridgehead atoms. The fourth-order valence-corrected chi connectivity index (χ4v) is 2.65. The topological polar surface area (TPSA) is 21.7 Å². The average molecular weight is 284 g/mol. The molecule has 0 aromatic heterocycles. The summed E-state index contributed by atoms with van der Waals surface area (Å²) in [6, 6.07) is 5.81. The predicted octanol–water partition coefficient (Wildman–Crippen LogP) is 3.00. The van der Waals surface area contributed by atoms with E-state index in [2.05, 4.69) is 18.9 Å². The minimum Gasteiger partial charge on any atom is -0.490 e. The zero-order valence-electron chi connectivity index (χ0n) is 11.9. The highest BCUT2D eigenvalue weighted by atomic mass is 35.5. The van der Waals surface area contributed by atoms with Crippen LogP contribution in [-0.4, -0.2) is 44.9 Å². The lowest BCUT2D eigenvalue weighted by Gasteiger charge is -2.40. The third-order valence-corrected chi connectivity index (χ3v) is 3.73. The van der Waals surface area contributed by atoms with Gasteiger partial charge in [0.05, 0.1) is 18.2 Å². The number of hydrogen-bond donors (Lipinski definition) is 0. The molecule has 2 rings (SSSR count). The first-order valence-electron chi connectivity index (χ1n) is 6.64. The third-order valence-electron chi connectivity index (χ3n) is 3.44. The lowest BCUT2D eigenvalue weighted by atomic mass is 9.88. The van der Waals surface area contributed by atoms with E-state index in [4.69, 9.17) is 21.1 Å². The minimum atomic E-state index is 0.315. The lowest BCUT2D eigenvalue weighted by Crippen LogP contribution is -2.48. The largest absolute Gasteiger partial charge is 0.490 e. The van der Waals surface area contributed by atoms with Crippen LogP contribution in [0.15, 0.2) is 18.2 Å². The highest BCUT2D eigenvalue weighted by molar-refractivity contribution is 6.32. The molecule has 1 aromatic carbocycles. The Morgan fingerprint density at radius 3 is 2.74 bits per heavy atom. The van der Waals surface area contributed by atoms with Crippen LogP contribution in [-0.2, 0) is 4.74 Å². The second-order valence-electron chi connectivity index (χ2n) is 5.78. The first-order chi connectivity index (χ1) is 9.00. The smallest absolute Gasteiger partial charge is 0.140 e. The zero-order valence-corrected chi connectivity index (χ0v) is 12.7. The van der Waals surface area contributed by atoms with Crippen LogP contribution >= 0.6 is 11.6 Å². The van der Waals surface area contributed by atoms with Gasteiger partial charge in [-0.3, -0.25) is 0 Å². The average Bonchev–Trinajstić information content (AvgIpc) is 2.31. The summed E-state index contributed by atoms with van der Waals surface area (Å²) in [4.78, 5) is 2.29. The Hall–Kier alpha value is -0.770. The summed E-state index contributed by atoms with van der Waals surface area (Å²) in [6.07, 6.45) is 0. The van der Waals surface area contributed by atoms with Gasteiger partial charge in [0.25, 0.3) is 0 Å². The van der Waals surface area contributed by atoms with Gasteiger partial charge in [-0.1, -0.05) is 30.7 Å². The molecule has 0 saturated carbocycles. The maximum atomic E-state index is 6.13. The van der Waals surface area contributed by atoms with Crippen molar-refractivity contribution in [3.63, 3.8) is 0 Å². The number of likely N-dealkylation sites (N-methyl/N-ethyl adjacent to an activating group) is 1. The van der Waals surface area contributed by atoms with Gasteiger partial charge in [-0.15, -0.1) is 0 Å². The molecule has 0 aliphatic carbocycles. The van der Waals surface area contributed by atoms with Crippen molar-refractivity contribution in [1.82, 2.24) is 4.90 Å². The highest BCUT2D eigenvalue weighted by Crippen LogP contribution is 2.28. The molecule has 19 heavy (non-hydrogen) atoms.